The molecule has 0 spiro atoms. The van der Waals surface area contributed by atoms with E-state index in [0.717, 1.165) is 38.5 Å². The van der Waals surface area contributed by atoms with Crippen molar-refractivity contribution >= 4 is 46.5 Å². The van der Waals surface area contributed by atoms with Crippen LogP contribution in [0, 0.1) is 0 Å². The van der Waals surface area contributed by atoms with E-state index in [0.29, 0.717) is 13.0 Å². The van der Waals surface area contributed by atoms with Crippen LogP contribution in [0.25, 0.3) is 0 Å². The van der Waals surface area contributed by atoms with Crippen LogP contribution >= 0.6 is 22.6 Å². The number of esters is 4. The predicted molar refractivity (Wildman–Crippen MR) is 124 cm³/mol. The number of carbonyl (C=O) groups is 4. The van der Waals surface area contributed by atoms with Crippen molar-refractivity contribution in [2.75, 3.05) is 20.3 Å². The molecule has 0 unspecified atom stereocenters. The average molecular weight is 586 g/mol. The van der Waals surface area contributed by atoms with Crippen molar-refractivity contribution in [1.29, 1.82) is 0 Å². The third kappa shape index (κ3) is 12.0. The van der Waals surface area contributed by atoms with Gasteiger partial charge in [0.2, 0.25) is 0 Å². The second-order valence-electron chi connectivity index (χ2n) is 7.76. The quantitative estimate of drug-likeness (QED) is 0.0987. The van der Waals surface area contributed by atoms with Gasteiger partial charge in [-0.1, -0.05) is 48.3 Å². The molecule has 1 heterocycles. The van der Waals surface area contributed by atoms with E-state index in [1.165, 1.54) is 27.9 Å². The highest BCUT2D eigenvalue weighted by molar-refractivity contribution is 14.1. The molecular formula is C22H35IO10. The number of methoxy groups -OCH3 is 1. The van der Waals surface area contributed by atoms with Crippen molar-refractivity contribution in [3.05, 3.63) is 0 Å². The molecular weight excluding hydrogens is 551 g/mol. The van der Waals surface area contributed by atoms with E-state index in [9.17, 15) is 19.2 Å². The van der Waals surface area contributed by atoms with E-state index in [1.807, 2.05) is 0 Å². The molecule has 0 radical (unpaired) electrons. The summed E-state index contributed by atoms with van der Waals surface area (Å²) in [5.74, 6) is -1.79. The third-order valence-electron chi connectivity index (χ3n) is 4.91. The summed E-state index contributed by atoms with van der Waals surface area (Å²) in [6, 6.07) is 0. The molecule has 0 amide bonds. The summed E-state index contributed by atoms with van der Waals surface area (Å²) >= 11 is 2.06. The van der Waals surface area contributed by atoms with Gasteiger partial charge in [-0.05, 0) is 12.8 Å². The maximum atomic E-state index is 11.7. The smallest absolute Gasteiger partial charge is 0.305 e. The normalized spacial score (nSPS) is 24.6. The van der Waals surface area contributed by atoms with Crippen molar-refractivity contribution in [2.24, 2.45) is 0 Å². The van der Waals surface area contributed by atoms with Crippen LogP contribution < -0.4 is 0 Å². The Morgan fingerprint density at radius 3 is 1.97 bits per heavy atom. The Hall–Kier alpha value is -1.47. The largest absolute Gasteiger partial charge is 0.469 e. The maximum Gasteiger partial charge on any atom is 0.305 e. The highest BCUT2D eigenvalue weighted by Crippen LogP contribution is 2.32. The fourth-order valence-corrected chi connectivity index (χ4v) is 4.31. The van der Waals surface area contributed by atoms with Crippen LogP contribution in [-0.2, 0) is 47.6 Å². The Morgan fingerprint density at radius 1 is 0.818 bits per heavy atom. The average Bonchev–Trinajstić information content (AvgIpc) is 2.74. The second-order valence-corrected chi connectivity index (χ2v) is 9.19. The number of carbonyl (C=O) groups excluding carboxylic acids is 4. The molecule has 1 fully saturated rings. The van der Waals surface area contributed by atoms with Gasteiger partial charge in [-0.3, -0.25) is 19.2 Å². The van der Waals surface area contributed by atoms with Crippen LogP contribution in [0.2, 0.25) is 0 Å². The van der Waals surface area contributed by atoms with Gasteiger partial charge in [0, 0.05) is 33.8 Å². The van der Waals surface area contributed by atoms with E-state index >= 15 is 0 Å². The predicted octanol–water partition coefficient (Wildman–Crippen LogP) is 2.86. The second kappa shape index (κ2) is 16.2. The molecule has 0 N–H and O–H groups in total. The van der Waals surface area contributed by atoms with Crippen molar-refractivity contribution in [1.82, 2.24) is 0 Å². The standard InChI is InChI=1S/C22H35IO10/c1-14(24)30-13-17-20(31-15(2)25)21(32-16(3)26)19(23)22(33-17)29-12-10-8-6-5-7-9-11-18(27)28-4/h17,19-22H,5-13H2,1-4H3/t17-,19-,20-,21-,22-/m1/s1. The molecule has 0 saturated carbocycles. The topological polar surface area (TPSA) is 124 Å². The molecule has 1 rings (SSSR count). The van der Waals surface area contributed by atoms with E-state index in [4.69, 9.17) is 23.7 Å². The van der Waals surface area contributed by atoms with Gasteiger partial charge in [-0.25, -0.2) is 0 Å². The Morgan fingerprint density at radius 2 is 1.39 bits per heavy atom. The van der Waals surface area contributed by atoms with Crippen LogP contribution in [0.4, 0.5) is 0 Å². The van der Waals surface area contributed by atoms with Crippen molar-refractivity contribution < 1.29 is 47.6 Å². The van der Waals surface area contributed by atoms with Gasteiger partial charge in [-0.15, -0.1) is 0 Å². The monoisotopic (exact) mass is 586 g/mol. The lowest BCUT2D eigenvalue weighted by atomic mass is 10.0. The van der Waals surface area contributed by atoms with E-state index < -0.39 is 46.4 Å². The molecule has 1 aliphatic rings. The van der Waals surface area contributed by atoms with Gasteiger partial charge in [-0.2, -0.15) is 0 Å². The van der Waals surface area contributed by atoms with Crippen LogP contribution in [0.15, 0.2) is 0 Å². The summed E-state index contributed by atoms with van der Waals surface area (Å²) < 4.78 is 31.9. The van der Waals surface area contributed by atoms with Crippen molar-refractivity contribution in [3.63, 3.8) is 0 Å². The molecule has 0 aliphatic carbocycles. The minimum atomic E-state index is -0.933. The van der Waals surface area contributed by atoms with E-state index in [1.54, 1.807) is 0 Å². The lowest BCUT2D eigenvalue weighted by Crippen LogP contribution is -2.60. The Labute approximate surface area is 208 Å². The van der Waals surface area contributed by atoms with E-state index in [2.05, 4.69) is 27.3 Å². The molecule has 33 heavy (non-hydrogen) atoms. The number of alkyl halides is 1. The molecule has 1 saturated heterocycles. The number of ether oxygens (including phenoxy) is 6. The fraction of sp³-hybridized carbons (Fsp3) is 0.818. The summed E-state index contributed by atoms with van der Waals surface area (Å²) in [6.45, 7) is 4.04. The molecule has 1 aliphatic heterocycles. The van der Waals surface area contributed by atoms with Gasteiger partial charge >= 0.3 is 23.9 Å². The van der Waals surface area contributed by atoms with E-state index in [-0.39, 0.29) is 12.6 Å². The van der Waals surface area contributed by atoms with Crippen LogP contribution in [-0.4, -0.2) is 72.7 Å². The highest BCUT2D eigenvalue weighted by atomic mass is 127. The zero-order valence-corrected chi connectivity index (χ0v) is 21.9. The number of rotatable bonds is 14. The molecule has 11 heteroatoms. The Bertz CT molecular complexity index is 641. The molecule has 190 valence electrons. The molecule has 0 aromatic rings. The van der Waals surface area contributed by atoms with Crippen molar-refractivity contribution in [2.45, 2.75) is 94.2 Å². The van der Waals surface area contributed by atoms with Gasteiger partial charge in [0.05, 0.1) is 7.11 Å². The summed E-state index contributed by atoms with van der Waals surface area (Å²) in [6.07, 6.45) is 2.71. The van der Waals surface area contributed by atoms with Gasteiger partial charge in [0.1, 0.15) is 16.6 Å². The summed E-state index contributed by atoms with van der Waals surface area (Å²) in [5, 5.41) is 0. The number of hydrogen-bond donors (Lipinski definition) is 0. The lowest BCUT2D eigenvalue weighted by molar-refractivity contribution is -0.260. The van der Waals surface area contributed by atoms with Crippen LogP contribution in [0.3, 0.4) is 0 Å². The number of hydrogen-bond acceptors (Lipinski definition) is 10. The zero-order chi connectivity index (χ0) is 24.8. The lowest BCUT2D eigenvalue weighted by Gasteiger charge is -2.43. The maximum absolute atomic E-state index is 11.7. The first-order chi connectivity index (χ1) is 15.6. The molecule has 0 aromatic heterocycles. The first-order valence-electron chi connectivity index (χ1n) is 11.1. The minimum Gasteiger partial charge on any atom is -0.469 e. The third-order valence-corrected chi connectivity index (χ3v) is 6.21. The molecule has 0 bridgehead atoms. The fourth-order valence-electron chi connectivity index (χ4n) is 3.38. The van der Waals surface area contributed by atoms with Crippen molar-refractivity contribution in [3.8, 4) is 0 Å². The molecule has 10 nitrogen and oxygen atoms in total. The Kier molecular flexibility index (Phi) is 14.5. The highest BCUT2D eigenvalue weighted by Gasteiger charge is 2.49. The SMILES string of the molecule is COC(=O)CCCCCCCCO[C@@H]1O[C@H](COC(C)=O)[C@@H](OC(C)=O)[C@H](OC(C)=O)[C@H]1I. The first-order valence-corrected chi connectivity index (χ1v) is 12.4. The summed E-state index contributed by atoms with van der Waals surface area (Å²) in [5.41, 5.74) is 0. The zero-order valence-electron chi connectivity index (χ0n) is 19.7. The molecule has 0 aromatic carbocycles. The van der Waals surface area contributed by atoms with Crippen LogP contribution in [0.1, 0.15) is 65.7 Å². The minimum absolute atomic E-state index is 0.167. The van der Waals surface area contributed by atoms with Gasteiger partial charge in [0.15, 0.2) is 18.5 Å². The Balaban J connectivity index is 2.57. The summed E-state index contributed by atoms with van der Waals surface area (Å²) in [4.78, 5) is 45.7. The number of halogens is 1. The van der Waals surface area contributed by atoms with Crippen LogP contribution in [0.5, 0.6) is 0 Å². The van der Waals surface area contributed by atoms with Gasteiger partial charge < -0.3 is 28.4 Å². The van der Waals surface area contributed by atoms with Gasteiger partial charge in [0.25, 0.3) is 0 Å². The summed E-state index contributed by atoms with van der Waals surface area (Å²) in [7, 11) is 1.39. The molecule has 5 atom stereocenters. The number of unbranched alkanes of at least 4 members (excludes halogenated alkanes) is 5. The first kappa shape index (κ1) is 29.6.